The molecular formula is C18H30O3. The van der Waals surface area contributed by atoms with Crippen molar-refractivity contribution in [3.8, 4) is 0 Å². The van der Waals surface area contributed by atoms with E-state index in [0.717, 1.165) is 25.9 Å². The van der Waals surface area contributed by atoms with Crippen molar-refractivity contribution in [3.05, 3.63) is 0 Å². The fourth-order valence-corrected chi connectivity index (χ4v) is 4.56. The SMILES string of the molecule is CC(C)(C)CC1(COC2CCC3CC2OC3=O)CC1(C)C. The molecule has 0 spiro atoms. The Labute approximate surface area is 128 Å². The molecule has 4 unspecified atom stereocenters. The smallest absolute Gasteiger partial charge is 0.309 e. The van der Waals surface area contributed by atoms with Crippen LogP contribution in [0.5, 0.6) is 0 Å². The normalized spacial score (nSPS) is 41.0. The summed E-state index contributed by atoms with van der Waals surface area (Å²) in [6.45, 7) is 12.5. The van der Waals surface area contributed by atoms with Gasteiger partial charge in [0.1, 0.15) is 6.10 Å². The highest BCUT2D eigenvalue weighted by molar-refractivity contribution is 5.75. The van der Waals surface area contributed by atoms with Crippen LogP contribution in [0.1, 0.15) is 66.7 Å². The summed E-state index contributed by atoms with van der Waals surface area (Å²) in [6, 6.07) is 0. The van der Waals surface area contributed by atoms with Gasteiger partial charge in [0.05, 0.1) is 18.6 Å². The first kappa shape index (κ1) is 15.3. The van der Waals surface area contributed by atoms with Gasteiger partial charge in [0, 0.05) is 6.42 Å². The quantitative estimate of drug-likeness (QED) is 0.736. The lowest BCUT2D eigenvalue weighted by Crippen LogP contribution is -2.35. The third kappa shape index (κ3) is 2.86. The third-order valence-electron chi connectivity index (χ3n) is 5.87. The van der Waals surface area contributed by atoms with E-state index < -0.39 is 0 Å². The maximum atomic E-state index is 11.6. The molecule has 2 saturated carbocycles. The van der Waals surface area contributed by atoms with E-state index in [1.54, 1.807) is 0 Å². The van der Waals surface area contributed by atoms with Crippen molar-refractivity contribution in [2.24, 2.45) is 22.2 Å². The molecule has 2 bridgehead atoms. The van der Waals surface area contributed by atoms with Crippen LogP contribution in [0.4, 0.5) is 0 Å². The summed E-state index contributed by atoms with van der Waals surface area (Å²) in [5.41, 5.74) is 1.02. The van der Waals surface area contributed by atoms with E-state index in [1.807, 2.05) is 0 Å². The first-order valence-electron chi connectivity index (χ1n) is 8.44. The molecular weight excluding hydrogens is 264 g/mol. The number of fused-ring (bicyclic) bond motifs is 2. The lowest BCUT2D eigenvalue weighted by molar-refractivity contribution is -0.148. The maximum absolute atomic E-state index is 11.6. The molecule has 0 radical (unpaired) electrons. The molecule has 4 atom stereocenters. The second-order valence-corrected chi connectivity index (χ2v) is 9.41. The van der Waals surface area contributed by atoms with Gasteiger partial charge in [-0.25, -0.2) is 0 Å². The Morgan fingerprint density at radius 2 is 1.95 bits per heavy atom. The second kappa shape index (κ2) is 4.71. The van der Waals surface area contributed by atoms with E-state index in [0.29, 0.717) is 16.2 Å². The van der Waals surface area contributed by atoms with Crippen LogP contribution in [0.2, 0.25) is 0 Å². The minimum absolute atomic E-state index is 0.00209. The van der Waals surface area contributed by atoms with Crippen molar-refractivity contribution >= 4 is 5.97 Å². The van der Waals surface area contributed by atoms with Crippen molar-refractivity contribution in [2.75, 3.05) is 6.61 Å². The topological polar surface area (TPSA) is 35.5 Å². The summed E-state index contributed by atoms with van der Waals surface area (Å²) in [5.74, 6) is 0.151. The van der Waals surface area contributed by atoms with E-state index in [1.165, 1.54) is 12.8 Å². The first-order chi connectivity index (χ1) is 9.62. The van der Waals surface area contributed by atoms with E-state index in [-0.39, 0.29) is 24.1 Å². The van der Waals surface area contributed by atoms with Gasteiger partial charge in [0.15, 0.2) is 0 Å². The maximum Gasteiger partial charge on any atom is 0.309 e. The Morgan fingerprint density at radius 1 is 1.29 bits per heavy atom. The van der Waals surface area contributed by atoms with Crippen LogP contribution in [-0.2, 0) is 14.3 Å². The molecule has 3 nitrogen and oxygen atoms in total. The largest absolute Gasteiger partial charge is 0.459 e. The summed E-state index contributed by atoms with van der Waals surface area (Å²) >= 11 is 0. The van der Waals surface area contributed by atoms with Crippen molar-refractivity contribution in [1.29, 1.82) is 0 Å². The predicted octanol–water partition coefficient (Wildman–Crippen LogP) is 3.95. The number of ether oxygens (including phenoxy) is 2. The highest BCUT2D eigenvalue weighted by Gasteiger charge is 2.62. The summed E-state index contributed by atoms with van der Waals surface area (Å²) in [5, 5.41) is 0. The minimum Gasteiger partial charge on any atom is -0.459 e. The number of hydrogen-bond donors (Lipinski definition) is 0. The summed E-state index contributed by atoms with van der Waals surface area (Å²) in [4.78, 5) is 11.6. The molecule has 1 heterocycles. The highest BCUT2D eigenvalue weighted by atomic mass is 16.6. The van der Waals surface area contributed by atoms with Gasteiger partial charge < -0.3 is 9.47 Å². The molecule has 3 fully saturated rings. The van der Waals surface area contributed by atoms with Crippen molar-refractivity contribution < 1.29 is 14.3 Å². The molecule has 0 aromatic carbocycles. The van der Waals surface area contributed by atoms with Gasteiger partial charge in [-0.05, 0) is 41.9 Å². The molecule has 3 aliphatic rings. The number of esters is 1. The standard InChI is InChI=1S/C18H30O3/c1-16(2,3)9-18(10-17(18,4)5)11-20-13-7-6-12-8-14(13)21-15(12)19/h12-14H,6-11H2,1-5H3. The average Bonchev–Trinajstić information content (AvgIpc) is 2.70. The third-order valence-corrected chi connectivity index (χ3v) is 5.87. The van der Waals surface area contributed by atoms with Crippen LogP contribution in [0.25, 0.3) is 0 Å². The van der Waals surface area contributed by atoms with Crippen LogP contribution in [0.15, 0.2) is 0 Å². The lowest BCUT2D eigenvalue weighted by atomic mass is 9.79. The zero-order chi connectivity index (χ0) is 15.5. The van der Waals surface area contributed by atoms with E-state index in [4.69, 9.17) is 9.47 Å². The Hall–Kier alpha value is -0.570. The first-order valence-corrected chi connectivity index (χ1v) is 8.44. The summed E-state index contributed by atoms with van der Waals surface area (Å²) < 4.78 is 11.8. The molecule has 1 aliphatic heterocycles. The molecule has 1 saturated heterocycles. The van der Waals surface area contributed by atoms with Gasteiger partial charge in [-0.15, -0.1) is 0 Å². The Morgan fingerprint density at radius 3 is 2.52 bits per heavy atom. The monoisotopic (exact) mass is 294 g/mol. The molecule has 3 heteroatoms. The number of rotatable bonds is 4. The molecule has 0 aromatic heterocycles. The van der Waals surface area contributed by atoms with Gasteiger partial charge in [0.2, 0.25) is 0 Å². The predicted molar refractivity (Wildman–Crippen MR) is 81.9 cm³/mol. The van der Waals surface area contributed by atoms with Crippen LogP contribution in [-0.4, -0.2) is 24.8 Å². The fraction of sp³-hybridized carbons (Fsp3) is 0.944. The summed E-state index contributed by atoms with van der Waals surface area (Å²) in [7, 11) is 0. The van der Waals surface area contributed by atoms with Gasteiger partial charge in [-0.3, -0.25) is 4.79 Å². The van der Waals surface area contributed by atoms with E-state index in [2.05, 4.69) is 34.6 Å². The van der Waals surface area contributed by atoms with Crippen molar-refractivity contribution in [1.82, 2.24) is 0 Å². The zero-order valence-electron chi connectivity index (χ0n) is 14.2. The van der Waals surface area contributed by atoms with Crippen molar-refractivity contribution in [2.45, 2.75) is 78.9 Å². The molecule has 120 valence electrons. The highest BCUT2D eigenvalue weighted by Crippen LogP contribution is 2.67. The summed E-state index contributed by atoms with van der Waals surface area (Å²) in [6.07, 6.45) is 5.39. The number of carbonyl (C=O) groups is 1. The molecule has 0 amide bonds. The number of carbonyl (C=O) groups excluding carboxylic acids is 1. The van der Waals surface area contributed by atoms with Crippen LogP contribution in [0.3, 0.4) is 0 Å². The van der Waals surface area contributed by atoms with E-state index in [9.17, 15) is 4.79 Å². The van der Waals surface area contributed by atoms with Crippen LogP contribution < -0.4 is 0 Å². The van der Waals surface area contributed by atoms with Gasteiger partial charge >= 0.3 is 5.97 Å². The van der Waals surface area contributed by atoms with E-state index >= 15 is 0 Å². The molecule has 0 N–H and O–H groups in total. The zero-order valence-corrected chi connectivity index (χ0v) is 14.2. The average molecular weight is 294 g/mol. The van der Waals surface area contributed by atoms with Crippen LogP contribution >= 0.6 is 0 Å². The number of hydrogen-bond acceptors (Lipinski definition) is 3. The fourth-order valence-electron chi connectivity index (χ4n) is 4.56. The van der Waals surface area contributed by atoms with Gasteiger partial charge in [-0.2, -0.15) is 0 Å². The van der Waals surface area contributed by atoms with Crippen molar-refractivity contribution in [3.63, 3.8) is 0 Å². The molecule has 21 heavy (non-hydrogen) atoms. The van der Waals surface area contributed by atoms with Gasteiger partial charge in [-0.1, -0.05) is 34.6 Å². The van der Waals surface area contributed by atoms with Gasteiger partial charge in [0.25, 0.3) is 0 Å². The molecule has 2 aliphatic carbocycles. The second-order valence-electron chi connectivity index (χ2n) is 9.41. The van der Waals surface area contributed by atoms with Crippen LogP contribution in [0, 0.1) is 22.2 Å². The molecule has 3 rings (SSSR count). The Balaban J connectivity index is 1.60. The Kier molecular flexibility index (Phi) is 3.44. The Bertz CT molecular complexity index is 434. The minimum atomic E-state index is 0.00209. The molecule has 0 aromatic rings. The lowest BCUT2D eigenvalue weighted by Gasteiger charge is -2.32.